The Morgan fingerprint density at radius 1 is 1.13 bits per heavy atom. The van der Waals surface area contributed by atoms with Crippen molar-refractivity contribution in [2.45, 2.75) is 32.4 Å². The molecule has 0 radical (unpaired) electrons. The molecule has 2 aromatic rings. The van der Waals surface area contributed by atoms with Crippen molar-refractivity contribution in [1.29, 1.82) is 0 Å². The fraction of sp³-hybridized carbons (Fsp3) is 0.278. The van der Waals surface area contributed by atoms with Gasteiger partial charge >= 0.3 is 0 Å². The Bertz CT molecular complexity index is 715. The van der Waals surface area contributed by atoms with Crippen molar-refractivity contribution in [3.05, 3.63) is 65.0 Å². The number of nitrogens with one attached hydrogen (secondary N) is 3. The first-order chi connectivity index (χ1) is 11.0. The van der Waals surface area contributed by atoms with E-state index in [1.165, 1.54) is 11.6 Å². The third-order valence-electron chi connectivity index (χ3n) is 4.14. The number of benzene rings is 2. The summed E-state index contributed by atoms with van der Waals surface area (Å²) in [7, 11) is 0. The minimum Gasteiger partial charge on any atom is -0.325 e. The minimum atomic E-state index is -0.356. The van der Waals surface area contributed by atoms with Crippen LogP contribution >= 0.6 is 0 Å². The van der Waals surface area contributed by atoms with Crippen molar-refractivity contribution < 1.29 is 9.18 Å². The third kappa shape index (κ3) is 3.57. The molecule has 4 nitrogen and oxygen atoms in total. The minimum absolute atomic E-state index is 0.0844. The first-order valence-electron chi connectivity index (χ1n) is 7.67. The second kappa shape index (κ2) is 6.48. The van der Waals surface area contributed by atoms with Crippen LogP contribution in [-0.2, 0) is 4.79 Å². The van der Waals surface area contributed by atoms with Gasteiger partial charge in [0.2, 0.25) is 5.91 Å². The van der Waals surface area contributed by atoms with Crippen molar-refractivity contribution in [1.82, 2.24) is 10.9 Å². The molecule has 0 saturated carbocycles. The van der Waals surface area contributed by atoms with Crippen molar-refractivity contribution in [3.8, 4) is 0 Å². The lowest BCUT2D eigenvalue weighted by atomic mass is 10.0. The smallest absolute Gasteiger partial charge is 0.242 e. The van der Waals surface area contributed by atoms with Crippen molar-refractivity contribution in [3.63, 3.8) is 0 Å². The Hall–Kier alpha value is -2.24. The summed E-state index contributed by atoms with van der Waals surface area (Å²) >= 11 is 0. The zero-order valence-electron chi connectivity index (χ0n) is 13.2. The van der Waals surface area contributed by atoms with E-state index in [-0.39, 0.29) is 23.8 Å². The molecule has 0 aliphatic carbocycles. The molecule has 1 fully saturated rings. The number of hydrazine groups is 1. The molecule has 1 aliphatic heterocycles. The summed E-state index contributed by atoms with van der Waals surface area (Å²) in [5.74, 6) is -0.492. The molecular formula is C18H20FN3O. The summed E-state index contributed by atoms with van der Waals surface area (Å²) in [5.41, 5.74) is 9.53. The van der Waals surface area contributed by atoms with Gasteiger partial charge in [0.1, 0.15) is 11.9 Å². The summed E-state index contributed by atoms with van der Waals surface area (Å²) in [6, 6.07) is 12.7. The Balaban J connectivity index is 1.63. The van der Waals surface area contributed by atoms with Crippen molar-refractivity contribution in [2.75, 3.05) is 5.32 Å². The number of halogens is 1. The largest absolute Gasteiger partial charge is 0.325 e. The lowest BCUT2D eigenvalue weighted by Crippen LogP contribution is -2.39. The van der Waals surface area contributed by atoms with Crippen LogP contribution in [-0.4, -0.2) is 11.9 Å². The maximum atomic E-state index is 13.5. The normalized spacial score (nSPS) is 20.5. The molecule has 120 valence electrons. The Kier molecular flexibility index (Phi) is 4.41. The number of rotatable bonds is 3. The van der Waals surface area contributed by atoms with Gasteiger partial charge in [0, 0.05) is 11.7 Å². The number of carbonyl (C=O) groups excluding carboxylic acids is 1. The van der Waals surface area contributed by atoms with E-state index in [0.717, 1.165) is 5.56 Å². The topological polar surface area (TPSA) is 53.2 Å². The maximum Gasteiger partial charge on any atom is 0.242 e. The number of anilines is 1. The van der Waals surface area contributed by atoms with E-state index in [1.807, 2.05) is 6.92 Å². The van der Waals surface area contributed by atoms with Gasteiger partial charge in [-0.3, -0.25) is 4.79 Å². The third-order valence-corrected chi connectivity index (χ3v) is 4.14. The molecule has 5 heteroatoms. The molecule has 3 rings (SSSR count). The SMILES string of the molecule is Cc1ccc(C2CC(C(=O)Nc3ccc(C)c(F)c3)NN2)cc1. The van der Waals surface area contributed by atoms with Crippen LogP contribution in [0.2, 0.25) is 0 Å². The molecule has 2 unspecified atom stereocenters. The van der Waals surface area contributed by atoms with Crippen LogP contribution in [0.25, 0.3) is 0 Å². The Labute approximate surface area is 135 Å². The highest BCUT2D eigenvalue weighted by molar-refractivity contribution is 5.95. The van der Waals surface area contributed by atoms with Gasteiger partial charge in [0.15, 0.2) is 0 Å². The van der Waals surface area contributed by atoms with Gasteiger partial charge in [0.05, 0.1) is 0 Å². The van der Waals surface area contributed by atoms with E-state index in [9.17, 15) is 9.18 Å². The summed E-state index contributed by atoms with van der Waals surface area (Å²) in [6.07, 6.45) is 0.642. The van der Waals surface area contributed by atoms with E-state index in [4.69, 9.17) is 0 Å². The van der Waals surface area contributed by atoms with Crippen LogP contribution in [0.1, 0.15) is 29.2 Å². The van der Waals surface area contributed by atoms with Crippen LogP contribution in [0.4, 0.5) is 10.1 Å². The quantitative estimate of drug-likeness (QED) is 0.816. The van der Waals surface area contributed by atoms with Crippen LogP contribution < -0.4 is 16.2 Å². The predicted molar refractivity (Wildman–Crippen MR) is 88.4 cm³/mol. The fourth-order valence-corrected chi connectivity index (χ4v) is 2.65. The van der Waals surface area contributed by atoms with E-state index >= 15 is 0 Å². The number of hydrogen-bond acceptors (Lipinski definition) is 3. The average molecular weight is 313 g/mol. The number of hydrogen-bond donors (Lipinski definition) is 3. The molecule has 0 spiro atoms. The van der Waals surface area contributed by atoms with Crippen LogP contribution in [0.15, 0.2) is 42.5 Å². The van der Waals surface area contributed by atoms with Gasteiger partial charge in [-0.1, -0.05) is 35.9 Å². The predicted octanol–water partition coefficient (Wildman–Crippen LogP) is 2.99. The van der Waals surface area contributed by atoms with Gasteiger partial charge in [0.25, 0.3) is 0 Å². The second-order valence-corrected chi connectivity index (χ2v) is 5.99. The zero-order valence-corrected chi connectivity index (χ0v) is 13.2. The molecule has 1 saturated heterocycles. The molecule has 2 aromatic carbocycles. The number of carbonyl (C=O) groups is 1. The number of amides is 1. The summed E-state index contributed by atoms with van der Waals surface area (Å²) in [6.45, 7) is 3.73. The standard InChI is InChI=1S/C18H20FN3O/c1-11-3-6-13(7-4-11)16-10-17(22-21-16)18(23)20-14-8-5-12(2)15(19)9-14/h3-9,16-17,21-22H,10H2,1-2H3,(H,20,23). The zero-order chi connectivity index (χ0) is 16.4. The fourth-order valence-electron chi connectivity index (χ4n) is 2.65. The van der Waals surface area contributed by atoms with Gasteiger partial charge in [-0.15, -0.1) is 0 Å². The molecule has 23 heavy (non-hydrogen) atoms. The van der Waals surface area contributed by atoms with E-state index in [1.54, 1.807) is 19.1 Å². The summed E-state index contributed by atoms with van der Waals surface area (Å²) < 4.78 is 13.5. The highest BCUT2D eigenvalue weighted by Crippen LogP contribution is 2.23. The van der Waals surface area contributed by atoms with Gasteiger partial charge in [-0.25, -0.2) is 15.2 Å². The highest BCUT2D eigenvalue weighted by atomic mass is 19.1. The Morgan fingerprint density at radius 2 is 1.87 bits per heavy atom. The van der Waals surface area contributed by atoms with Crippen molar-refractivity contribution >= 4 is 11.6 Å². The molecule has 1 heterocycles. The summed E-state index contributed by atoms with van der Waals surface area (Å²) in [4.78, 5) is 12.3. The molecule has 1 amide bonds. The van der Waals surface area contributed by atoms with Gasteiger partial charge in [-0.2, -0.15) is 0 Å². The molecular weight excluding hydrogens is 293 g/mol. The van der Waals surface area contributed by atoms with Crippen LogP contribution in [0.5, 0.6) is 0 Å². The maximum absolute atomic E-state index is 13.5. The van der Waals surface area contributed by atoms with E-state index < -0.39 is 0 Å². The average Bonchev–Trinajstić information content (AvgIpc) is 3.02. The van der Waals surface area contributed by atoms with E-state index in [0.29, 0.717) is 17.7 Å². The lowest BCUT2D eigenvalue weighted by Gasteiger charge is -2.11. The lowest BCUT2D eigenvalue weighted by molar-refractivity contribution is -0.117. The van der Waals surface area contributed by atoms with Crippen LogP contribution in [0, 0.1) is 19.7 Å². The monoisotopic (exact) mass is 313 g/mol. The van der Waals surface area contributed by atoms with Crippen LogP contribution in [0.3, 0.4) is 0 Å². The molecule has 2 atom stereocenters. The highest BCUT2D eigenvalue weighted by Gasteiger charge is 2.30. The summed E-state index contributed by atoms with van der Waals surface area (Å²) in [5, 5.41) is 2.75. The first kappa shape index (κ1) is 15.6. The first-order valence-corrected chi connectivity index (χ1v) is 7.67. The van der Waals surface area contributed by atoms with Crippen molar-refractivity contribution in [2.24, 2.45) is 0 Å². The second-order valence-electron chi connectivity index (χ2n) is 5.99. The molecule has 0 aromatic heterocycles. The van der Waals surface area contributed by atoms with E-state index in [2.05, 4.69) is 40.4 Å². The van der Waals surface area contributed by atoms with Gasteiger partial charge in [-0.05, 0) is 43.5 Å². The molecule has 1 aliphatic rings. The number of aryl methyl sites for hydroxylation is 2. The van der Waals surface area contributed by atoms with Gasteiger partial charge < -0.3 is 5.32 Å². The molecule has 0 bridgehead atoms. The molecule has 3 N–H and O–H groups in total. The Morgan fingerprint density at radius 3 is 2.57 bits per heavy atom.